The van der Waals surface area contributed by atoms with Gasteiger partial charge in [-0.15, -0.1) is 0 Å². The SMILES string of the molecule is CCC1(C)C(c2ccc(OC)c(OC)c2)=NN(C2CCN(C(=O)c3cc(O)ccc3C)CC2)C1C=O. The van der Waals surface area contributed by atoms with Gasteiger partial charge in [0.15, 0.2) is 11.5 Å². The third-order valence-electron chi connectivity index (χ3n) is 7.79. The summed E-state index contributed by atoms with van der Waals surface area (Å²) >= 11 is 0. The van der Waals surface area contributed by atoms with Gasteiger partial charge >= 0.3 is 0 Å². The average Bonchev–Trinajstić information content (AvgIpc) is 3.21. The number of likely N-dealkylation sites (tertiary alicyclic amines) is 1. The first kappa shape index (κ1) is 25.5. The molecule has 8 heteroatoms. The normalized spacial score (nSPS) is 22.4. The van der Waals surface area contributed by atoms with Crippen LogP contribution in [0.5, 0.6) is 17.2 Å². The van der Waals surface area contributed by atoms with E-state index in [0.717, 1.165) is 29.5 Å². The minimum Gasteiger partial charge on any atom is -0.508 e. The molecule has 1 amide bonds. The lowest BCUT2D eigenvalue weighted by molar-refractivity contribution is -0.115. The average molecular weight is 494 g/mol. The van der Waals surface area contributed by atoms with E-state index in [0.29, 0.717) is 43.0 Å². The zero-order valence-electron chi connectivity index (χ0n) is 21.7. The molecule has 8 nitrogen and oxygen atoms in total. The monoisotopic (exact) mass is 493 g/mol. The van der Waals surface area contributed by atoms with Gasteiger partial charge in [-0.05, 0) is 62.1 Å². The Kier molecular flexibility index (Phi) is 7.24. The summed E-state index contributed by atoms with van der Waals surface area (Å²) in [5.41, 5.74) is 2.65. The number of hydrogen-bond donors (Lipinski definition) is 1. The highest BCUT2D eigenvalue weighted by Gasteiger charge is 2.49. The van der Waals surface area contributed by atoms with Gasteiger partial charge in [0.2, 0.25) is 0 Å². The summed E-state index contributed by atoms with van der Waals surface area (Å²) in [6.45, 7) is 7.16. The fourth-order valence-corrected chi connectivity index (χ4v) is 5.34. The van der Waals surface area contributed by atoms with Crippen molar-refractivity contribution in [3.63, 3.8) is 0 Å². The van der Waals surface area contributed by atoms with E-state index in [1.807, 2.05) is 35.0 Å². The second kappa shape index (κ2) is 10.2. The molecule has 2 aliphatic heterocycles. The Bertz CT molecular complexity index is 1170. The molecule has 2 atom stereocenters. The van der Waals surface area contributed by atoms with E-state index in [1.165, 1.54) is 6.07 Å². The Morgan fingerprint density at radius 2 is 1.83 bits per heavy atom. The van der Waals surface area contributed by atoms with Gasteiger partial charge in [-0.1, -0.05) is 19.9 Å². The van der Waals surface area contributed by atoms with E-state index in [1.54, 1.807) is 26.4 Å². The van der Waals surface area contributed by atoms with Gasteiger partial charge in [-0.3, -0.25) is 9.80 Å². The van der Waals surface area contributed by atoms with Gasteiger partial charge in [0.1, 0.15) is 18.1 Å². The Labute approximate surface area is 212 Å². The molecule has 0 spiro atoms. The highest BCUT2D eigenvalue weighted by atomic mass is 16.5. The Balaban J connectivity index is 1.58. The molecule has 2 heterocycles. The van der Waals surface area contributed by atoms with Crippen molar-refractivity contribution >= 4 is 17.9 Å². The van der Waals surface area contributed by atoms with Crippen molar-refractivity contribution < 1.29 is 24.2 Å². The standard InChI is InChI=1S/C28H35N3O5/c1-6-28(3)25(17-32)31(29-26(28)19-8-10-23(35-4)24(15-19)36-5)20-11-13-30(14-12-20)27(34)22-16-21(33)9-7-18(22)2/h7-10,15-17,20,25,33H,6,11-14H2,1-5H3. The molecular weight excluding hydrogens is 458 g/mol. The molecule has 2 unspecified atom stereocenters. The van der Waals surface area contributed by atoms with Crippen LogP contribution in [0.3, 0.4) is 0 Å². The number of phenolic OH excluding ortho intramolecular Hbond substituents is 1. The van der Waals surface area contributed by atoms with E-state index >= 15 is 0 Å². The Morgan fingerprint density at radius 1 is 1.14 bits per heavy atom. The second-order valence-electron chi connectivity index (χ2n) is 9.77. The number of hydrogen-bond acceptors (Lipinski definition) is 7. The maximum atomic E-state index is 13.1. The summed E-state index contributed by atoms with van der Waals surface area (Å²) in [5.74, 6) is 1.26. The number of aryl methyl sites for hydroxylation is 1. The number of nitrogens with zero attached hydrogens (tertiary/aromatic N) is 3. The van der Waals surface area contributed by atoms with E-state index in [4.69, 9.17) is 14.6 Å². The number of aromatic hydroxyl groups is 1. The van der Waals surface area contributed by atoms with Crippen LogP contribution in [0.1, 0.15) is 54.6 Å². The van der Waals surface area contributed by atoms with Gasteiger partial charge in [0, 0.05) is 29.6 Å². The first-order valence-electron chi connectivity index (χ1n) is 12.4. The summed E-state index contributed by atoms with van der Waals surface area (Å²) < 4.78 is 10.9. The molecule has 0 aromatic heterocycles. The molecule has 2 aromatic carbocycles. The van der Waals surface area contributed by atoms with E-state index in [9.17, 15) is 14.7 Å². The molecule has 2 aliphatic rings. The molecule has 1 fully saturated rings. The van der Waals surface area contributed by atoms with Crippen LogP contribution >= 0.6 is 0 Å². The molecule has 0 bridgehead atoms. The van der Waals surface area contributed by atoms with Crippen LogP contribution in [0.4, 0.5) is 0 Å². The lowest BCUT2D eigenvalue weighted by Gasteiger charge is -2.40. The highest BCUT2D eigenvalue weighted by molar-refractivity contribution is 6.08. The van der Waals surface area contributed by atoms with Gasteiger partial charge in [-0.2, -0.15) is 5.10 Å². The molecule has 192 valence electrons. The number of piperidine rings is 1. The van der Waals surface area contributed by atoms with Crippen LogP contribution in [-0.2, 0) is 4.79 Å². The molecule has 2 aromatic rings. The number of hydrazone groups is 1. The van der Waals surface area contributed by atoms with Crippen LogP contribution in [-0.4, -0.2) is 72.3 Å². The number of rotatable bonds is 7. The molecule has 1 saturated heterocycles. The first-order chi connectivity index (χ1) is 17.3. The number of benzene rings is 2. The third kappa shape index (κ3) is 4.40. The van der Waals surface area contributed by atoms with Gasteiger partial charge in [0.05, 0.1) is 26.0 Å². The van der Waals surface area contributed by atoms with Crippen LogP contribution in [0.15, 0.2) is 41.5 Å². The molecule has 0 aliphatic carbocycles. The highest BCUT2D eigenvalue weighted by Crippen LogP contribution is 2.42. The van der Waals surface area contributed by atoms with E-state index < -0.39 is 11.5 Å². The Morgan fingerprint density at radius 3 is 2.44 bits per heavy atom. The van der Waals surface area contributed by atoms with Crippen molar-refractivity contribution in [2.24, 2.45) is 10.5 Å². The minimum absolute atomic E-state index is 0.0399. The molecule has 0 saturated carbocycles. The number of aldehydes is 1. The minimum atomic E-state index is -0.465. The fraction of sp³-hybridized carbons (Fsp3) is 0.464. The number of methoxy groups -OCH3 is 2. The summed E-state index contributed by atoms with van der Waals surface area (Å²) in [6.07, 6.45) is 3.16. The summed E-state index contributed by atoms with van der Waals surface area (Å²) in [4.78, 5) is 27.4. The number of carbonyl (C=O) groups excluding carboxylic acids is 2. The van der Waals surface area contributed by atoms with Gasteiger partial charge < -0.3 is 24.3 Å². The largest absolute Gasteiger partial charge is 0.508 e. The van der Waals surface area contributed by atoms with Crippen LogP contribution in [0.25, 0.3) is 0 Å². The van der Waals surface area contributed by atoms with Crippen molar-refractivity contribution in [1.82, 2.24) is 9.91 Å². The summed E-state index contributed by atoms with van der Waals surface area (Å²) in [7, 11) is 3.20. The topological polar surface area (TPSA) is 91.7 Å². The maximum Gasteiger partial charge on any atom is 0.254 e. The van der Waals surface area contributed by atoms with E-state index in [2.05, 4.69) is 13.8 Å². The first-order valence-corrected chi connectivity index (χ1v) is 12.4. The number of ether oxygens (including phenoxy) is 2. The zero-order valence-corrected chi connectivity index (χ0v) is 21.7. The van der Waals surface area contributed by atoms with Crippen molar-refractivity contribution in [2.75, 3.05) is 27.3 Å². The second-order valence-corrected chi connectivity index (χ2v) is 9.77. The van der Waals surface area contributed by atoms with Crippen molar-refractivity contribution in [2.45, 2.75) is 52.1 Å². The third-order valence-corrected chi connectivity index (χ3v) is 7.79. The lowest BCUT2D eigenvalue weighted by Crippen LogP contribution is -2.50. The van der Waals surface area contributed by atoms with E-state index in [-0.39, 0.29) is 17.7 Å². The van der Waals surface area contributed by atoms with Crippen molar-refractivity contribution in [3.8, 4) is 17.2 Å². The zero-order chi connectivity index (χ0) is 26.0. The number of carbonyl (C=O) groups is 2. The van der Waals surface area contributed by atoms with Gasteiger partial charge in [-0.25, -0.2) is 0 Å². The predicted molar refractivity (Wildman–Crippen MR) is 138 cm³/mol. The molecular formula is C28H35N3O5. The quantitative estimate of drug-likeness (QED) is 0.586. The number of amides is 1. The lowest BCUT2D eigenvalue weighted by atomic mass is 9.74. The number of phenols is 1. The smallest absolute Gasteiger partial charge is 0.254 e. The van der Waals surface area contributed by atoms with Crippen LogP contribution in [0.2, 0.25) is 0 Å². The maximum absolute atomic E-state index is 13.1. The molecule has 4 rings (SSSR count). The van der Waals surface area contributed by atoms with Crippen LogP contribution < -0.4 is 9.47 Å². The molecule has 0 radical (unpaired) electrons. The molecule has 1 N–H and O–H groups in total. The fourth-order valence-electron chi connectivity index (χ4n) is 5.34. The predicted octanol–water partition coefficient (Wildman–Crippen LogP) is 4.03. The summed E-state index contributed by atoms with van der Waals surface area (Å²) in [6, 6.07) is 10.2. The van der Waals surface area contributed by atoms with Gasteiger partial charge in [0.25, 0.3) is 5.91 Å². The van der Waals surface area contributed by atoms with Crippen LogP contribution in [0, 0.1) is 12.3 Å². The molecule has 36 heavy (non-hydrogen) atoms. The summed E-state index contributed by atoms with van der Waals surface area (Å²) in [5, 5.41) is 16.8. The van der Waals surface area contributed by atoms with Crippen molar-refractivity contribution in [1.29, 1.82) is 0 Å². The van der Waals surface area contributed by atoms with Crippen molar-refractivity contribution in [3.05, 3.63) is 53.1 Å². The Hall–Kier alpha value is -3.55.